The van der Waals surface area contributed by atoms with Crippen molar-refractivity contribution in [3.05, 3.63) is 41.5 Å². The highest BCUT2D eigenvalue weighted by Gasteiger charge is 2.34. The molecule has 1 N–H and O–H groups in total. The lowest BCUT2D eigenvalue weighted by Gasteiger charge is -2.23. The van der Waals surface area contributed by atoms with E-state index in [4.69, 9.17) is 9.39 Å². The number of carbonyl (C=O) groups excluding carboxylic acids is 2. The summed E-state index contributed by atoms with van der Waals surface area (Å²) in [5.41, 5.74) is 2.08. The summed E-state index contributed by atoms with van der Waals surface area (Å²) in [5, 5.41) is 10.0. The molecule has 0 fully saturated rings. The number of rotatable bonds is 4. The molecule has 0 atom stereocenters. The van der Waals surface area contributed by atoms with E-state index in [0.717, 1.165) is 5.57 Å². The van der Waals surface area contributed by atoms with Crippen LogP contribution in [-0.4, -0.2) is 36.2 Å². The van der Waals surface area contributed by atoms with Gasteiger partial charge in [-0.05, 0) is 17.0 Å². The van der Waals surface area contributed by atoms with Gasteiger partial charge < -0.3 is 14.4 Å². The number of benzene rings is 1. The topological polar surface area (TPSA) is 85.2 Å². The van der Waals surface area contributed by atoms with E-state index in [-0.39, 0.29) is 35.4 Å². The summed E-state index contributed by atoms with van der Waals surface area (Å²) in [6, 6.07) is 5.05. The Morgan fingerprint density at radius 2 is 2.08 bits per heavy atom. The summed E-state index contributed by atoms with van der Waals surface area (Å²) in [5.74, 6) is -0.675. The van der Waals surface area contributed by atoms with Crippen molar-refractivity contribution in [2.45, 2.75) is 40.5 Å². The second-order valence-corrected chi connectivity index (χ2v) is 7.30. The van der Waals surface area contributed by atoms with Crippen LogP contribution in [0.5, 0.6) is 5.75 Å². The maximum atomic E-state index is 12.4. The first kappa shape index (κ1) is 19.9. The van der Waals surface area contributed by atoms with E-state index < -0.39 is 19.0 Å². The van der Waals surface area contributed by atoms with Crippen LogP contribution in [0.25, 0.3) is 0 Å². The third kappa shape index (κ3) is 4.82. The number of para-hydroxylation sites is 1. The van der Waals surface area contributed by atoms with Crippen LogP contribution in [0.15, 0.2) is 35.3 Å². The normalized spacial score (nSPS) is 15.3. The lowest BCUT2D eigenvalue weighted by atomic mass is 9.75. The Bertz CT molecular complexity index is 764. The van der Waals surface area contributed by atoms with E-state index in [0.29, 0.717) is 12.0 Å². The molecule has 2 rings (SSSR count). The fraction of sp³-hybridized carbons (Fsp3) is 0.421. The van der Waals surface area contributed by atoms with Gasteiger partial charge in [0.2, 0.25) is 5.91 Å². The highest BCUT2D eigenvalue weighted by atomic mass is 16.5. The van der Waals surface area contributed by atoms with Gasteiger partial charge in [0, 0.05) is 19.8 Å². The van der Waals surface area contributed by atoms with Gasteiger partial charge in [0.25, 0.3) is 0 Å². The minimum absolute atomic E-state index is 0.0437. The van der Waals surface area contributed by atoms with E-state index >= 15 is 0 Å². The highest BCUT2D eigenvalue weighted by Crippen LogP contribution is 2.30. The molecule has 26 heavy (non-hydrogen) atoms. The van der Waals surface area contributed by atoms with Crippen LogP contribution >= 0.6 is 0 Å². The number of esters is 1. The van der Waals surface area contributed by atoms with Gasteiger partial charge >= 0.3 is 13.1 Å². The van der Waals surface area contributed by atoms with E-state index in [9.17, 15) is 14.6 Å². The van der Waals surface area contributed by atoms with E-state index in [1.54, 1.807) is 18.2 Å². The van der Waals surface area contributed by atoms with Crippen LogP contribution < -0.4 is 4.65 Å². The number of fused-ring (bicyclic) bond motifs is 1. The lowest BCUT2D eigenvalue weighted by Crippen LogP contribution is -2.39. The minimum atomic E-state index is -1.36. The molecule has 0 saturated carbocycles. The molecule has 1 aromatic rings. The molecular formula is C19H24BNO5. The predicted octanol–water partition coefficient (Wildman–Crippen LogP) is 2.78. The Labute approximate surface area is 154 Å². The zero-order chi connectivity index (χ0) is 19.5. The van der Waals surface area contributed by atoms with Crippen molar-refractivity contribution in [3.8, 4) is 5.75 Å². The standard InChI is InChI=1S/C19H24BNO5/c1-12(19(3,4)5)9-10-25-18(23)15-8-6-7-14-11-16(21-13(2)22)20(24)26-17(14)15/h6-8,24H,1,9-11H2,2-5H3/b21-16-. The molecule has 0 saturated heterocycles. The number of aliphatic imine (C=N–C) groups is 1. The molecule has 0 aromatic heterocycles. The molecule has 0 unspecified atom stereocenters. The van der Waals surface area contributed by atoms with Crippen LogP contribution in [-0.2, 0) is 16.0 Å². The number of carbonyl (C=O) groups is 2. The lowest BCUT2D eigenvalue weighted by molar-refractivity contribution is -0.115. The van der Waals surface area contributed by atoms with E-state index in [1.165, 1.54) is 6.92 Å². The van der Waals surface area contributed by atoms with Crippen LogP contribution in [0, 0.1) is 5.41 Å². The Morgan fingerprint density at radius 1 is 1.38 bits per heavy atom. The van der Waals surface area contributed by atoms with E-state index in [2.05, 4.69) is 32.3 Å². The van der Waals surface area contributed by atoms with Gasteiger partial charge in [-0.1, -0.05) is 45.1 Å². The molecule has 1 aliphatic rings. The maximum Gasteiger partial charge on any atom is 0.575 e. The summed E-state index contributed by atoms with van der Waals surface area (Å²) in [6.45, 7) is 11.7. The first-order chi connectivity index (χ1) is 12.1. The van der Waals surface area contributed by atoms with Crippen molar-refractivity contribution in [1.82, 2.24) is 0 Å². The summed E-state index contributed by atoms with van der Waals surface area (Å²) in [7, 11) is -1.36. The molecule has 1 aliphatic heterocycles. The van der Waals surface area contributed by atoms with Crippen LogP contribution in [0.3, 0.4) is 0 Å². The molecule has 0 bridgehead atoms. The van der Waals surface area contributed by atoms with Crippen molar-refractivity contribution in [2.24, 2.45) is 10.4 Å². The molecule has 6 nitrogen and oxygen atoms in total. The summed E-state index contributed by atoms with van der Waals surface area (Å²) in [4.78, 5) is 27.3. The van der Waals surface area contributed by atoms with Gasteiger partial charge in [0.15, 0.2) is 0 Å². The molecule has 0 aliphatic carbocycles. The zero-order valence-electron chi connectivity index (χ0n) is 15.7. The fourth-order valence-corrected chi connectivity index (χ4v) is 2.50. The largest absolute Gasteiger partial charge is 0.575 e. The number of amides is 1. The quantitative estimate of drug-likeness (QED) is 0.509. The molecular weight excluding hydrogens is 333 g/mol. The molecule has 7 heteroatoms. The first-order valence-electron chi connectivity index (χ1n) is 8.49. The van der Waals surface area contributed by atoms with Gasteiger partial charge in [-0.2, -0.15) is 0 Å². The van der Waals surface area contributed by atoms with Gasteiger partial charge in [0.1, 0.15) is 11.3 Å². The second-order valence-electron chi connectivity index (χ2n) is 7.30. The zero-order valence-corrected chi connectivity index (χ0v) is 15.7. The Kier molecular flexibility index (Phi) is 6.03. The predicted molar refractivity (Wildman–Crippen MR) is 100 cm³/mol. The molecule has 0 radical (unpaired) electrons. The van der Waals surface area contributed by atoms with Gasteiger partial charge in [-0.25, -0.2) is 9.79 Å². The fourth-order valence-electron chi connectivity index (χ4n) is 2.50. The average molecular weight is 357 g/mol. The SMILES string of the molecule is C=C(CCOC(=O)c1cccc2c1OB(O)/C(=N\C(C)=O)C2)C(C)(C)C. The average Bonchev–Trinajstić information content (AvgIpc) is 2.53. The summed E-state index contributed by atoms with van der Waals surface area (Å²) < 4.78 is 10.8. The number of hydrogen-bond donors (Lipinski definition) is 1. The molecule has 138 valence electrons. The Hall–Kier alpha value is -2.41. The van der Waals surface area contributed by atoms with Gasteiger partial charge in [-0.15, -0.1) is 0 Å². The monoisotopic (exact) mass is 357 g/mol. The minimum Gasteiger partial charge on any atom is -0.531 e. The van der Waals surface area contributed by atoms with Crippen molar-refractivity contribution in [2.75, 3.05) is 6.61 Å². The number of nitrogens with zero attached hydrogens (tertiary/aromatic N) is 1. The molecule has 1 heterocycles. The Balaban J connectivity index is 2.12. The third-order valence-electron chi connectivity index (χ3n) is 4.20. The highest BCUT2D eigenvalue weighted by molar-refractivity contribution is 6.82. The number of ether oxygens (including phenoxy) is 1. The second kappa shape index (κ2) is 7.87. The van der Waals surface area contributed by atoms with Gasteiger partial charge in [0.05, 0.1) is 12.2 Å². The smallest absolute Gasteiger partial charge is 0.531 e. The van der Waals surface area contributed by atoms with Crippen molar-refractivity contribution >= 4 is 24.6 Å². The maximum absolute atomic E-state index is 12.4. The van der Waals surface area contributed by atoms with Crippen LogP contribution in [0.4, 0.5) is 0 Å². The summed E-state index contributed by atoms with van der Waals surface area (Å²) >= 11 is 0. The van der Waals surface area contributed by atoms with Crippen LogP contribution in [0.1, 0.15) is 50.0 Å². The van der Waals surface area contributed by atoms with E-state index in [1.807, 2.05) is 0 Å². The number of hydrogen-bond acceptors (Lipinski definition) is 5. The van der Waals surface area contributed by atoms with Gasteiger partial charge in [-0.3, -0.25) is 4.79 Å². The first-order valence-corrected chi connectivity index (χ1v) is 8.49. The molecule has 1 aromatic carbocycles. The molecule has 0 spiro atoms. The van der Waals surface area contributed by atoms with Crippen molar-refractivity contribution in [3.63, 3.8) is 0 Å². The Morgan fingerprint density at radius 3 is 2.69 bits per heavy atom. The summed E-state index contributed by atoms with van der Waals surface area (Å²) in [6.07, 6.45) is 0.807. The molecule has 1 amide bonds. The third-order valence-corrected chi connectivity index (χ3v) is 4.20. The van der Waals surface area contributed by atoms with Crippen molar-refractivity contribution < 1.29 is 24.0 Å². The van der Waals surface area contributed by atoms with Crippen LogP contribution in [0.2, 0.25) is 0 Å². The van der Waals surface area contributed by atoms with Crippen molar-refractivity contribution in [1.29, 1.82) is 0 Å².